The number of hydrogen-bond acceptors (Lipinski definition) is 24. The molecule has 1 fully saturated rings. The van der Waals surface area contributed by atoms with Crippen molar-refractivity contribution in [3.05, 3.63) is 253 Å². The molecule has 0 saturated carbocycles. The summed E-state index contributed by atoms with van der Waals surface area (Å²) in [5.41, 5.74) is 12.8. The second-order valence-corrected chi connectivity index (χ2v) is 40.6. The number of carbonyl (C=O) groups is 4. The van der Waals surface area contributed by atoms with E-state index in [1.807, 2.05) is 12.1 Å². The highest BCUT2D eigenvalue weighted by Gasteiger charge is 2.29. The standard InChI is InChI=1S/C24H24N4O4S.C23H22N4O4S.C22H20N4O4S.C21H24N4O4S.11H2/c1-15(2)33(31,32)19-9-5-17(6-10-19)21-14-26-23-22(28-21)20(13-25-23)24(30)27-18-7-3-16(4-8-18)11-12-29;1-14(2)32(30,31)18-8-6-16(7-9-18)20-12-25-22-21(27-20)19(11-24-22)23(29)26-17-5-3-4-15(10-17)13-28;1-13(2)31(29,30)15-9-7-14(8-10-15)18-12-24-21-20(25-18)16(11-23-21)22(28)26-17-5-3-4-6-19(17)27;1-13(2)30(28,29)16-7-5-14(6-8-16)18-11-23-20-19(24-18)17(10-22-20)21(27)25-9-3-4-15(26)12-25;;;;;;;;;;;/h3-10,13-15,29H,11-12H2,1-2H3,(H,25,26)(H,27,30);3-12,14,28H,13H2,1-2H3,(H,24,25)(H,26,29);3-13,27H,1-2H3,(H,23,24)(H,26,28);5-8,10-11,13,15,26H,3-4,9,12H2,1-2H3,(H,22,23);11*1H. The highest BCUT2D eigenvalue weighted by atomic mass is 32.2. The van der Waals surface area contributed by atoms with Crippen molar-refractivity contribution in [2.24, 2.45) is 0 Å². The Bertz CT molecular complexity index is 7080. The van der Waals surface area contributed by atoms with E-state index in [-0.39, 0.29) is 83.2 Å². The minimum atomic E-state index is -3.37. The summed E-state index contributed by atoms with van der Waals surface area (Å²) >= 11 is 0. The summed E-state index contributed by atoms with van der Waals surface area (Å²) in [5.74, 6) is -1.38. The van der Waals surface area contributed by atoms with Crippen LogP contribution in [0.5, 0.6) is 5.75 Å². The number of piperidine rings is 1. The molecule has 672 valence electrons. The van der Waals surface area contributed by atoms with Crippen molar-refractivity contribution in [2.45, 2.75) is 128 Å². The summed E-state index contributed by atoms with van der Waals surface area (Å²) < 4.78 is 98.7. The molecule has 9 heterocycles. The number of phenolic OH excluding ortho intramolecular Hbond substituents is 1. The molecule has 1 unspecified atom stereocenters. The number of anilines is 3. The number of amides is 4. The number of aromatic nitrogens is 12. The van der Waals surface area contributed by atoms with Gasteiger partial charge in [-0.1, -0.05) is 84.9 Å². The maximum Gasteiger partial charge on any atom is 0.259 e. The summed E-state index contributed by atoms with van der Waals surface area (Å²) in [6, 6.07) is 46.5. The Kier molecular flexibility index (Phi) is 27.3. The van der Waals surface area contributed by atoms with Crippen LogP contribution >= 0.6 is 0 Å². The van der Waals surface area contributed by atoms with Crippen LogP contribution in [0.4, 0.5) is 17.1 Å². The average Bonchev–Trinajstić information content (AvgIpc) is 1.69. The Morgan fingerprint density at radius 3 is 1.13 bits per heavy atom. The van der Waals surface area contributed by atoms with Crippen LogP contribution in [0.25, 0.3) is 89.7 Å². The number of phenols is 1. The Morgan fingerprint density at radius 2 is 0.778 bits per heavy atom. The molecule has 1 aliphatic heterocycles. The van der Waals surface area contributed by atoms with Gasteiger partial charge in [0.05, 0.1) is 129 Å². The Labute approximate surface area is 741 Å². The van der Waals surface area contributed by atoms with Gasteiger partial charge in [-0.05, 0) is 171 Å². The number of aliphatic hydroxyl groups is 3. The van der Waals surface area contributed by atoms with Crippen LogP contribution in [0.15, 0.2) is 239 Å². The van der Waals surface area contributed by atoms with Gasteiger partial charge >= 0.3 is 0 Å². The van der Waals surface area contributed by atoms with Crippen molar-refractivity contribution in [2.75, 3.05) is 35.6 Å². The summed E-state index contributed by atoms with van der Waals surface area (Å²) in [5, 5.41) is 44.3. The van der Waals surface area contributed by atoms with E-state index in [0.29, 0.717) is 149 Å². The molecule has 32 nitrogen and oxygen atoms in total. The van der Waals surface area contributed by atoms with E-state index in [0.717, 1.165) is 12.0 Å². The minimum absolute atomic E-state index is 0. The molecule has 1 aliphatic rings. The number of hydrogen-bond donors (Lipinski definition) is 11. The van der Waals surface area contributed by atoms with Gasteiger partial charge < -0.3 is 61.2 Å². The number of aromatic hydroxyl groups is 1. The number of rotatable bonds is 22. The molecule has 126 heavy (non-hydrogen) atoms. The first-order valence-electron chi connectivity index (χ1n) is 40.0. The maximum atomic E-state index is 12.9. The van der Waals surface area contributed by atoms with Crippen molar-refractivity contribution >= 4 is 125 Å². The molecule has 7 aromatic carbocycles. The van der Waals surface area contributed by atoms with E-state index in [9.17, 15) is 68.2 Å². The highest BCUT2D eigenvalue weighted by molar-refractivity contribution is 7.92. The monoisotopic (exact) mass is 1800 g/mol. The summed E-state index contributed by atoms with van der Waals surface area (Å²) in [7, 11) is -13.4. The summed E-state index contributed by atoms with van der Waals surface area (Å²) in [6.45, 7) is 14.0. The number of nitrogens with zero attached hydrogens (tertiary/aromatic N) is 9. The predicted molar refractivity (Wildman–Crippen MR) is 503 cm³/mol. The van der Waals surface area contributed by atoms with E-state index >= 15 is 0 Å². The molecule has 36 heteroatoms. The molecular formula is C90H112N16O16S4. The van der Waals surface area contributed by atoms with Gasteiger partial charge in [0.15, 0.2) is 61.9 Å². The summed E-state index contributed by atoms with van der Waals surface area (Å²) in [4.78, 5) is 102. The maximum absolute atomic E-state index is 12.9. The molecule has 8 aromatic heterocycles. The number of H-pyrrole nitrogens is 4. The van der Waals surface area contributed by atoms with Crippen LogP contribution in [0.2, 0.25) is 0 Å². The fraction of sp³-hybridized carbons (Fsp3) is 0.222. The lowest BCUT2D eigenvalue weighted by molar-refractivity contribution is 0.0475. The Morgan fingerprint density at radius 1 is 0.429 bits per heavy atom. The van der Waals surface area contributed by atoms with Crippen molar-refractivity contribution in [3.63, 3.8) is 0 Å². The van der Waals surface area contributed by atoms with Crippen molar-refractivity contribution < 1.29 is 89.0 Å². The number of sulfone groups is 4. The summed E-state index contributed by atoms with van der Waals surface area (Å²) in [6.07, 6.45) is 14.0. The number of β-amino-alcohol motifs (C(OH)–C–C–N with tert-alkyl or cyclic N) is 1. The van der Waals surface area contributed by atoms with Gasteiger partial charge in [-0.2, -0.15) is 0 Å². The minimum Gasteiger partial charge on any atom is -0.506 e. The Hall–Kier alpha value is -13.6. The number of carbonyl (C=O) groups excluding carboxylic acids is 4. The number of aliphatic hydroxyl groups excluding tert-OH is 3. The van der Waals surface area contributed by atoms with Gasteiger partial charge in [-0.25, -0.2) is 73.5 Å². The van der Waals surface area contributed by atoms with Crippen LogP contribution < -0.4 is 16.0 Å². The van der Waals surface area contributed by atoms with Gasteiger partial charge in [0.2, 0.25) is 0 Å². The van der Waals surface area contributed by atoms with E-state index in [2.05, 4.69) is 75.8 Å². The number of fused-ring (bicyclic) bond motifs is 4. The van der Waals surface area contributed by atoms with Gasteiger partial charge in [0.25, 0.3) is 23.6 Å². The molecule has 0 spiro atoms. The molecule has 0 bridgehead atoms. The fourth-order valence-corrected chi connectivity index (χ4v) is 17.5. The molecule has 0 radical (unpaired) electrons. The van der Waals surface area contributed by atoms with Crippen molar-refractivity contribution in [3.8, 4) is 50.8 Å². The second kappa shape index (κ2) is 38.2. The van der Waals surface area contributed by atoms with Crippen LogP contribution in [0.3, 0.4) is 0 Å². The zero-order valence-electron chi connectivity index (χ0n) is 69.5. The molecular weight excluding hydrogens is 1690 g/mol. The first-order valence-corrected chi connectivity index (χ1v) is 46.1. The van der Waals surface area contributed by atoms with Gasteiger partial charge in [0.1, 0.15) is 27.8 Å². The fourth-order valence-electron chi connectivity index (χ4n) is 13.3. The third-order valence-electron chi connectivity index (χ3n) is 20.7. The first-order chi connectivity index (χ1) is 60.1. The molecule has 4 amide bonds. The van der Waals surface area contributed by atoms with Crippen molar-refractivity contribution in [1.29, 1.82) is 0 Å². The van der Waals surface area contributed by atoms with E-state index in [1.54, 1.807) is 249 Å². The number of likely N-dealkylation sites (tertiary alicyclic amines) is 1. The van der Waals surface area contributed by atoms with Gasteiger partial charge in [0, 0.05) is 93.8 Å². The quantitative estimate of drug-likeness (QED) is 0.0281. The van der Waals surface area contributed by atoms with Crippen LogP contribution in [0.1, 0.15) is 136 Å². The smallest absolute Gasteiger partial charge is 0.259 e. The second-order valence-electron chi connectivity index (χ2n) is 30.5. The van der Waals surface area contributed by atoms with Gasteiger partial charge in [-0.3, -0.25) is 19.2 Å². The van der Waals surface area contributed by atoms with Crippen LogP contribution in [-0.2, 0) is 52.4 Å². The normalized spacial score (nSPS) is 13.1. The first kappa shape index (κ1) is 90.1. The average molecular weight is 1800 g/mol. The molecule has 11 N–H and O–H groups in total. The molecule has 15 aromatic rings. The van der Waals surface area contributed by atoms with Gasteiger partial charge in [-0.15, -0.1) is 0 Å². The van der Waals surface area contributed by atoms with E-state index in [4.69, 9.17) is 5.11 Å². The van der Waals surface area contributed by atoms with Crippen molar-refractivity contribution in [1.82, 2.24) is 64.7 Å². The molecule has 1 saturated heterocycles. The molecule has 1 atom stereocenters. The lowest BCUT2D eigenvalue weighted by Gasteiger charge is -2.29. The highest BCUT2D eigenvalue weighted by Crippen LogP contribution is 2.33. The molecule has 0 aliphatic carbocycles. The zero-order chi connectivity index (χ0) is 90.1. The zero-order valence-corrected chi connectivity index (χ0v) is 72.7. The lowest BCUT2D eigenvalue weighted by Crippen LogP contribution is -2.42. The largest absolute Gasteiger partial charge is 0.506 e. The van der Waals surface area contributed by atoms with E-state index in [1.165, 1.54) is 18.5 Å². The number of nitrogens with one attached hydrogen (secondary N) is 7. The predicted octanol–water partition coefficient (Wildman–Crippen LogP) is 16.0. The number of benzene rings is 7. The lowest BCUT2D eigenvalue weighted by atomic mass is 10.1. The topological polar surface area (TPSA) is 491 Å². The number of aromatic amines is 4. The molecule has 16 rings (SSSR count). The SMILES string of the molecule is CC(C)S(=O)(=O)c1ccc(-c2cnc3[nH]cc(C(=O)N4CCCC(O)C4)c3n2)cc1.CC(C)S(=O)(=O)c1ccc(-c2cnc3[nH]cc(C(=O)Nc4ccc(CCO)cc4)c3n2)cc1.CC(C)S(=O)(=O)c1ccc(-c2cnc3[nH]cc(C(=O)Nc4cccc(CO)c4)c3n2)cc1.CC(C)S(=O)(=O)c1ccc(-c2cnc3[nH]cc(C(=O)Nc4ccccc4O)c3n2)cc1.[HH].[HH].[HH].[HH].[HH].[HH].[HH].[HH].[HH].[HH].[HH]. The van der Waals surface area contributed by atoms with Crippen LogP contribution in [-0.4, -0.2) is 189 Å². The Balaban J connectivity index is 0.000000602. The van der Waals surface area contributed by atoms with E-state index < -0.39 is 72.4 Å². The number of para-hydroxylation sites is 2. The third-order valence-corrected chi connectivity index (χ3v) is 29.4. The third kappa shape index (κ3) is 20.1. The van der Waals surface area contributed by atoms with Crippen LogP contribution in [0, 0.1) is 0 Å².